The molecule has 0 heterocycles. The Morgan fingerprint density at radius 1 is 1.07 bits per heavy atom. The normalized spacial score (nSPS) is 12.9. The molecule has 0 unspecified atom stereocenters. The largest absolute Gasteiger partial charge is 0.494 e. The van der Waals surface area contributed by atoms with Gasteiger partial charge in [-0.1, -0.05) is 6.92 Å². The summed E-state index contributed by atoms with van der Waals surface area (Å²) in [5.41, 5.74) is -0.443. The maximum absolute atomic E-state index is 12.8. The third-order valence-corrected chi connectivity index (χ3v) is 5.39. The third-order valence-electron chi connectivity index (χ3n) is 4.21. The van der Waals surface area contributed by atoms with Crippen LogP contribution in [0.4, 0.5) is 24.5 Å². The van der Waals surface area contributed by atoms with Gasteiger partial charge in [0.1, 0.15) is 11.8 Å². The van der Waals surface area contributed by atoms with Gasteiger partial charge in [-0.2, -0.15) is 13.2 Å². The highest BCUT2D eigenvalue weighted by atomic mass is 32.2. The summed E-state index contributed by atoms with van der Waals surface area (Å²) < 4.78 is 69.3. The van der Waals surface area contributed by atoms with Crippen molar-refractivity contribution in [1.29, 1.82) is 0 Å². The van der Waals surface area contributed by atoms with Crippen molar-refractivity contribution in [2.45, 2.75) is 32.5 Å². The standard InChI is InChI=1S/C20H23F3N2O4S/c1-4-18(19(26)24-15-8-6-14(7-9-15)20(21,22)23)25(30(3,27)28)16-10-12-17(13-11-16)29-5-2/h6-13,18H,4-5H2,1-3H3,(H,24,26)/t18-/m0/s1. The summed E-state index contributed by atoms with van der Waals surface area (Å²) in [6.07, 6.45) is -3.36. The van der Waals surface area contributed by atoms with Gasteiger partial charge in [0, 0.05) is 5.69 Å². The van der Waals surface area contributed by atoms with E-state index in [4.69, 9.17) is 4.74 Å². The topological polar surface area (TPSA) is 75.7 Å². The van der Waals surface area contributed by atoms with Gasteiger partial charge in [0.25, 0.3) is 0 Å². The number of anilines is 2. The fourth-order valence-corrected chi connectivity index (χ4v) is 4.10. The lowest BCUT2D eigenvalue weighted by Gasteiger charge is -2.30. The van der Waals surface area contributed by atoms with Gasteiger partial charge < -0.3 is 10.1 Å². The SMILES string of the molecule is CCOc1ccc(N([C@@H](CC)C(=O)Nc2ccc(C(F)(F)F)cc2)S(C)(=O)=O)cc1. The molecule has 0 aliphatic rings. The van der Waals surface area contributed by atoms with E-state index >= 15 is 0 Å². The maximum atomic E-state index is 12.8. The van der Waals surface area contributed by atoms with Gasteiger partial charge in [-0.05, 0) is 61.9 Å². The van der Waals surface area contributed by atoms with Crippen LogP contribution in [0.25, 0.3) is 0 Å². The van der Waals surface area contributed by atoms with Gasteiger partial charge in [0.2, 0.25) is 15.9 Å². The summed E-state index contributed by atoms with van der Waals surface area (Å²) in [6.45, 7) is 3.90. The molecule has 6 nitrogen and oxygen atoms in total. The molecular weight excluding hydrogens is 421 g/mol. The Labute approximate surface area is 173 Å². The van der Waals surface area contributed by atoms with Crippen molar-refractivity contribution in [1.82, 2.24) is 0 Å². The van der Waals surface area contributed by atoms with Crippen LogP contribution in [-0.4, -0.2) is 33.2 Å². The average Bonchev–Trinajstić information content (AvgIpc) is 2.66. The quantitative estimate of drug-likeness (QED) is 0.659. The molecule has 164 valence electrons. The summed E-state index contributed by atoms with van der Waals surface area (Å²) in [5, 5.41) is 2.49. The number of nitrogens with one attached hydrogen (secondary N) is 1. The van der Waals surface area contributed by atoms with Crippen LogP contribution >= 0.6 is 0 Å². The Morgan fingerprint density at radius 2 is 1.63 bits per heavy atom. The van der Waals surface area contributed by atoms with Gasteiger partial charge in [0.05, 0.1) is 24.1 Å². The van der Waals surface area contributed by atoms with Gasteiger partial charge >= 0.3 is 6.18 Å². The van der Waals surface area contributed by atoms with Crippen molar-refractivity contribution in [3.8, 4) is 5.75 Å². The zero-order chi connectivity index (χ0) is 22.5. The fourth-order valence-electron chi connectivity index (χ4n) is 2.88. The monoisotopic (exact) mass is 444 g/mol. The van der Waals surface area contributed by atoms with E-state index in [2.05, 4.69) is 5.32 Å². The number of amides is 1. The van der Waals surface area contributed by atoms with E-state index in [-0.39, 0.29) is 17.8 Å². The summed E-state index contributed by atoms with van der Waals surface area (Å²) in [6, 6.07) is 9.08. The van der Waals surface area contributed by atoms with Crippen LogP contribution in [0, 0.1) is 0 Å². The molecule has 0 saturated carbocycles. The zero-order valence-electron chi connectivity index (χ0n) is 16.7. The van der Waals surface area contributed by atoms with E-state index in [1.807, 2.05) is 6.92 Å². The van der Waals surface area contributed by atoms with Crippen LogP contribution in [0.3, 0.4) is 0 Å². The van der Waals surface area contributed by atoms with Gasteiger partial charge in [-0.25, -0.2) is 8.42 Å². The van der Waals surface area contributed by atoms with Crippen molar-refractivity contribution >= 4 is 27.3 Å². The highest BCUT2D eigenvalue weighted by Crippen LogP contribution is 2.30. The van der Waals surface area contributed by atoms with Gasteiger partial charge in [-0.15, -0.1) is 0 Å². The number of nitrogens with zero attached hydrogens (tertiary/aromatic N) is 1. The second-order valence-corrected chi connectivity index (χ2v) is 8.33. The highest BCUT2D eigenvalue weighted by Gasteiger charge is 2.32. The van der Waals surface area contributed by atoms with Crippen molar-refractivity contribution in [3.05, 3.63) is 54.1 Å². The molecule has 0 bridgehead atoms. The second kappa shape index (κ2) is 9.38. The molecule has 0 radical (unpaired) electrons. The molecule has 0 aliphatic heterocycles. The minimum atomic E-state index is -4.49. The minimum Gasteiger partial charge on any atom is -0.494 e. The molecule has 0 fully saturated rings. The number of rotatable bonds is 8. The van der Waals surface area contributed by atoms with Gasteiger partial charge in [0.15, 0.2) is 0 Å². The number of halogens is 3. The van der Waals surface area contributed by atoms with E-state index in [1.165, 1.54) is 12.1 Å². The van der Waals surface area contributed by atoms with E-state index in [9.17, 15) is 26.4 Å². The molecular formula is C20H23F3N2O4S. The minimum absolute atomic E-state index is 0.131. The van der Waals surface area contributed by atoms with Crippen LogP contribution in [0.5, 0.6) is 5.75 Å². The molecule has 1 atom stereocenters. The summed E-state index contributed by atoms with van der Waals surface area (Å²) >= 11 is 0. The Hall–Kier alpha value is -2.75. The number of ether oxygens (including phenoxy) is 1. The van der Waals surface area contributed by atoms with Crippen LogP contribution < -0.4 is 14.4 Å². The molecule has 10 heteroatoms. The molecule has 2 aromatic rings. The number of sulfonamides is 1. The van der Waals surface area contributed by atoms with E-state index < -0.39 is 33.7 Å². The number of alkyl halides is 3. The first kappa shape index (κ1) is 23.5. The van der Waals surface area contributed by atoms with Crippen molar-refractivity contribution in [3.63, 3.8) is 0 Å². The molecule has 2 aromatic carbocycles. The molecule has 30 heavy (non-hydrogen) atoms. The fraction of sp³-hybridized carbons (Fsp3) is 0.350. The smallest absolute Gasteiger partial charge is 0.416 e. The van der Waals surface area contributed by atoms with E-state index in [0.717, 1.165) is 34.8 Å². The zero-order valence-corrected chi connectivity index (χ0v) is 17.5. The lowest BCUT2D eigenvalue weighted by molar-refractivity contribution is -0.137. The maximum Gasteiger partial charge on any atom is 0.416 e. The molecule has 0 aliphatic carbocycles. The summed E-state index contributed by atoms with van der Waals surface area (Å²) in [5.74, 6) is -0.103. The second-order valence-electron chi connectivity index (χ2n) is 6.47. The van der Waals surface area contributed by atoms with Crippen LogP contribution in [0.1, 0.15) is 25.8 Å². The lowest BCUT2D eigenvalue weighted by atomic mass is 10.1. The molecule has 2 rings (SSSR count). The average molecular weight is 444 g/mol. The van der Waals surface area contributed by atoms with E-state index in [1.54, 1.807) is 19.1 Å². The number of benzene rings is 2. The first-order valence-electron chi connectivity index (χ1n) is 9.17. The number of carbonyl (C=O) groups excluding carboxylic acids is 1. The molecule has 1 N–H and O–H groups in total. The first-order valence-corrected chi connectivity index (χ1v) is 11.0. The van der Waals surface area contributed by atoms with Crippen molar-refractivity contribution in [2.24, 2.45) is 0 Å². The van der Waals surface area contributed by atoms with Crippen LogP contribution in [0.15, 0.2) is 48.5 Å². The van der Waals surface area contributed by atoms with Crippen LogP contribution in [-0.2, 0) is 21.0 Å². The molecule has 0 saturated heterocycles. The number of carbonyl (C=O) groups is 1. The predicted octanol–water partition coefficient (Wildman–Crippen LogP) is 4.29. The molecule has 0 spiro atoms. The predicted molar refractivity (Wildman–Crippen MR) is 109 cm³/mol. The Bertz CT molecular complexity index is 959. The van der Waals surface area contributed by atoms with Crippen molar-refractivity contribution < 1.29 is 31.1 Å². The number of hydrogen-bond acceptors (Lipinski definition) is 4. The summed E-state index contributed by atoms with van der Waals surface area (Å²) in [4.78, 5) is 12.8. The van der Waals surface area contributed by atoms with Gasteiger partial charge in [-0.3, -0.25) is 9.10 Å². The Morgan fingerprint density at radius 3 is 2.07 bits per heavy atom. The Kier molecular flexibility index (Phi) is 7.35. The van der Waals surface area contributed by atoms with Crippen molar-refractivity contribution in [2.75, 3.05) is 22.5 Å². The Balaban J connectivity index is 2.29. The number of hydrogen-bond donors (Lipinski definition) is 1. The highest BCUT2D eigenvalue weighted by molar-refractivity contribution is 7.92. The third kappa shape index (κ3) is 5.88. The molecule has 0 aromatic heterocycles. The lowest BCUT2D eigenvalue weighted by Crippen LogP contribution is -2.47. The molecule has 1 amide bonds. The van der Waals surface area contributed by atoms with E-state index in [0.29, 0.717) is 12.4 Å². The first-order chi connectivity index (χ1) is 14.0. The summed E-state index contributed by atoms with van der Waals surface area (Å²) in [7, 11) is -3.83. The van der Waals surface area contributed by atoms with Crippen LogP contribution in [0.2, 0.25) is 0 Å².